The molecule has 1 rings (SSSR count). The summed E-state index contributed by atoms with van der Waals surface area (Å²) in [5.41, 5.74) is 6.24. The van der Waals surface area contributed by atoms with Crippen LogP contribution in [0.3, 0.4) is 0 Å². The quantitative estimate of drug-likeness (QED) is 0.870. The molecule has 0 aliphatic carbocycles. The van der Waals surface area contributed by atoms with E-state index in [9.17, 15) is 4.79 Å². The average Bonchev–Trinajstić information content (AvgIpc) is 2.17. The number of primary amides is 1. The number of hydrogen-bond acceptors (Lipinski definition) is 3. The van der Waals surface area contributed by atoms with Gasteiger partial charge in [-0.15, -0.1) is 0 Å². The van der Waals surface area contributed by atoms with E-state index in [2.05, 4.69) is 27.3 Å². The Kier molecular flexibility index (Phi) is 4.13. The van der Waals surface area contributed by atoms with Crippen molar-refractivity contribution in [3.63, 3.8) is 0 Å². The summed E-state index contributed by atoms with van der Waals surface area (Å²) in [5, 5.41) is 11.9. The molecule has 15 heavy (non-hydrogen) atoms. The summed E-state index contributed by atoms with van der Waals surface area (Å²) in [4.78, 5) is 10.5. The first-order valence-electron chi connectivity index (χ1n) is 4.36. The lowest BCUT2D eigenvalue weighted by molar-refractivity contribution is -0.117. The zero-order chi connectivity index (χ0) is 11.3. The van der Waals surface area contributed by atoms with Gasteiger partial charge in [0.1, 0.15) is 6.07 Å². The first-order chi connectivity index (χ1) is 7.15. The van der Waals surface area contributed by atoms with Crippen molar-refractivity contribution in [2.75, 3.05) is 11.9 Å². The van der Waals surface area contributed by atoms with Crippen LogP contribution >= 0.6 is 15.9 Å². The number of hydrogen-bond donors (Lipinski definition) is 2. The molecule has 0 radical (unpaired) electrons. The summed E-state index contributed by atoms with van der Waals surface area (Å²) in [5.74, 6) is -0.365. The van der Waals surface area contributed by atoms with Gasteiger partial charge in [-0.3, -0.25) is 4.79 Å². The summed E-state index contributed by atoms with van der Waals surface area (Å²) < 4.78 is 0.731. The summed E-state index contributed by atoms with van der Waals surface area (Å²) in [6.45, 7) is 0.431. The van der Waals surface area contributed by atoms with Crippen LogP contribution in [0.2, 0.25) is 0 Å². The molecular weight excluding hydrogens is 258 g/mol. The van der Waals surface area contributed by atoms with Crippen LogP contribution in [0.15, 0.2) is 22.7 Å². The van der Waals surface area contributed by atoms with Crippen molar-refractivity contribution in [3.8, 4) is 6.07 Å². The van der Waals surface area contributed by atoms with E-state index in [1.54, 1.807) is 12.1 Å². The van der Waals surface area contributed by atoms with E-state index in [4.69, 9.17) is 11.0 Å². The molecule has 4 nitrogen and oxygen atoms in total. The molecule has 0 saturated carbocycles. The van der Waals surface area contributed by atoms with Gasteiger partial charge in [-0.1, -0.05) is 6.07 Å². The molecule has 0 aromatic heterocycles. The number of nitrogens with one attached hydrogen (secondary N) is 1. The highest BCUT2D eigenvalue weighted by atomic mass is 79.9. The van der Waals surface area contributed by atoms with E-state index in [0.717, 1.165) is 4.47 Å². The molecule has 0 unspecified atom stereocenters. The third-order valence-electron chi connectivity index (χ3n) is 1.81. The smallest absolute Gasteiger partial charge is 0.219 e. The lowest BCUT2D eigenvalue weighted by Crippen LogP contribution is -2.16. The van der Waals surface area contributed by atoms with E-state index in [1.807, 2.05) is 6.07 Å². The Morgan fingerprint density at radius 2 is 2.33 bits per heavy atom. The van der Waals surface area contributed by atoms with Crippen molar-refractivity contribution in [1.29, 1.82) is 5.26 Å². The van der Waals surface area contributed by atoms with Gasteiger partial charge in [-0.2, -0.15) is 5.26 Å². The Morgan fingerprint density at radius 3 is 2.93 bits per heavy atom. The van der Waals surface area contributed by atoms with Crippen LogP contribution in [0.1, 0.15) is 12.0 Å². The summed E-state index contributed by atoms with van der Waals surface area (Å²) in [6.07, 6.45) is 0.247. The van der Waals surface area contributed by atoms with Crippen LogP contribution in [0.4, 0.5) is 5.69 Å². The van der Waals surface area contributed by atoms with E-state index < -0.39 is 0 Å². The van der Waals surface area contributed by atoms with Crippen LogP contribution in [0.25, 0.3) is 0 Å². The van der Waals surface area contributed by atoms with Crippen molar-refractivity contribution in [3.05, 3.63) is 28.2 Å². The second kappa shape index (κ2) is 5.37. The first-order valence-corrected chi connectivity index (χ1v) is 5.15. The van der Waals surface area contributed by atoms with Crippen molar-refractivity contribution >= 4 is 27.5 Å². The normalized spacial score (nSPS) is 9.33. The fourth-order valence-electron chi connectivity index (χ4n) is 1.11. The number of carbonyl (C=O) groups excluding carboxylic acids is 1. The molecule has 0 spiro atoms. The van der Waals surface area contributed by atoms with Crippen molar-refractivity contribution in [2.45, 2.75) is 6.42 Å². The van der Waals surface area contributed by atoms with Gasteiger partial charge in [0.05, 0.1) is 11.3 Å². The molecule has 0 fully saturated rings. The van der Waals surface area contributed by atoms with Crippen LogP contribution in [-0.2, 0) is 4.79 Å². The van der Waals surface area contributed by atoms with Gasteiger partial charge in [0, 0.05) is 17.4 Å². The number of benzene rings is 1. The fourth-order valence-corrected chi connectivity index (χ4v) is 1.56. The average molecular weight is 268 g/mol. The molecule has 78 valence electrons. The largest absolute Gasteiger partial charge is 0.383 e. The molecule has 1 aromatic rings. The molecule has 0 aliphatic rings. The number of nitrogens with zero attached hydrogens (tertiary/aromatic N) is 1. The Morgan fingerprint density at radius 1 is 1.60 bits per heavy atom. The van der Waals surface area contributed by atoms with Crippen molar-refractivity contribution in [2.24, 2.45) is 5.73 Å². The molecule has 0 bridgehead atoms. The van der Waals surface area contributed by atoms with E-state index in [0.29, 0.717) is 17.8 Å². The number of anilines is 1. The number of rotatable bonds is 4. The fraction of sp³-hybridized carbons (Fsp3) is 0.200. The number of amides is 1. The topological polar surface area (TPSA) is 78.9 Å². The Labute approximate surface area is 96.2 Å². The summed E-state index contributed by atoms with van der Waals surface area (Å²) in [7, 11) is 0. The minimum Gasteiger partial charge on any atom is -0.383 e. The van der Waals surface area contributed by atoms with Gasteiger partial charge < -0.3 is 11.1 Å². The Balaban J connectivity index is 2.73. The summed E-state index contributed by atoms with van der Waals surface area (Å²) >= 11 is 3.27. The molecule has 0 heterocycles. The molecule has 0 atom stereocenters. The second-order valence-corrected chi connectivity index (χ2v) is 3.77. The van der Waals surface area contributed by atoms with Gasteiger partial charge in [0.2, 0.25) is 5.91 Å². The molecule has 0 aliphatic heterocycles. The Hall–Kier alpha value is -1.54. The molecule has 1 amide bonds. The lowest BCUT2D eigenvalue weighted by Gasteiger charge is -2.07. The van der Waals surface area contributed by atoms with Gasteiger partial charge in [-0.05, 0) is 28.1 Å². The zero-order valence-corrected chi connectivity index (χ0v) is 9.54. The third-order valence-corrected chi connectivity index (χ3v) is 2.47. The zero-order valence-electron chi connectivity index (χ0n) is 7.96. The second-order valence-electron chi connectivity index (χ2n) is 2.92. The van der Waals surface area contributed by atoms with Crippen LogP contribution in [0, 0.1) is 11.3 Å². The van der Waals surface area contributed by atoms with Gasteiger partial charge >= 0.3 is 0 Å². The maximum atomic E-state index is 10.5. The lowest BCUT2D eigenvalue weighted by atomic mass is 10.2. The maximum absolute atomic E-state index is 10.5. The molecule has 1 aromatic carbocycles. The number of carbonyl (C=O) groups is 1. The monoisotopic (exact) mass is 267 g/mol. The minimum absolute atomic E-state index is 0.247. The maximum Gasteiger partial charge on any atom is 0.219 e. The minimum atomic E-state index is -0.365. The van der Waals surface area contributed by atoms with Crippen LogP contribution in [-0.4, -0.2) is 12.5 Å². The van der Waals surface area contributed by atoms with Crippen molar-refractivity contribution < 1.29 is 4.79 Å². The highest BCUT2D eigenvalue weighted by Crippen LogP contribution is 2.23. The summed E-state index contributed by atoms with van der Waals surface area (Å²) in [6, 6.07) is 7.46. The van der Waals surface area contributed by atoms with E-state index in [-0.39, 0.29) is 12.3 Å². The molecule has 0 saturated heterocycles. The third kappa shape index (κ3) is 3.26. The molecule has 5 heteroatoms. The van der Waals surface area contributed by atoms with Gasteiger partial charge in [-0.25, -0.2) is 0 Å². The number of nitriles is 1. The van der Waals surface area contributed by atoms with Crippen LogP contribution in [0.5, 0.6) is 0 Å². The highest BCUT2D eigenvalue weighted by molar-refractivity contribution is 9.10. The van der Waals surface area contributed by atoms with Gasteiger partial charge in [0.25, 0.3) is 0 Å². The molecule has 3 N–H and O–H groups in total. The first kappa shape index (κ1) is 11.5. The molecular formula is C10H10BrN3O. The Bertz CT molecular complexity index is 412. The predicted molar refractivity (Wildman–Crippen MR) is 61.2 cm³/mol. The van der Waals surface area contributed by atoms with E-state index in [1.165, 1.54) is 0 Å². The van der Waals surface area contributed by atoms with Gasteiger partial charge in [0.15, 0.2) is 0 Å². The predicted octanol–water partition coefficient (Wildman–Crippen LogP) is 1.61. The van der Waals surface area contributed by atoms with Crippen LogP contribution < -0.4 is 11.1 Å². The standard InChI is InChI=1S/C10H10BrN3O/c11-8-2-1-3-9(7(8)6-12)14-5-4-10(13)15/h1-3,14H,4-5H2,(H2,13,15). The SMILES string of the molecule is N#Cc1c(Br)cccc1NCCC(N)=O. The van der Waals surface area contributed by atoms with Crippen molar-refractivity contribution in [1.82, 2.24) is 0 Å². The van der Waals surface area contributed by atoms with E-state index >= 15 is 0 Å². The number of halogens is 1. The number of nitrogens with two attached hydrogens (primary N) is 1. The highest BCUT2D eigenvalue weighted by Gasteiger charge is 2.05.